The van der Waals surface area contributed by atoms with Gasteiger partial charge in [-0.05, 0) is 24.3 Å². The van der Waals surface area contributed by atoms with E-state index in [1.165, 1.54) is 18.2 Å². The zero-order valence-electron chi connectivity index (χ0n) is 14.1. The van der Waals surface area contributed by atoms with Crippen LogP contribution >= 0.6 is 0 Å². The lowest BCUT2D eigenvalue weighted by Gasteiger charge is -2.34. The van der Waals surface area contributed by atoms with Crippen molar-refractivity contribution in [3.05, 3.63) is 48.0 Å². The number of hydrogen-bond acceptors (Lipinski definition) is 5. The van der Waals surface area contributed by atoms with Gasteiger partial charge in [-0.2, -0.15) is 13.2 Å². The average Bonchev–Trinajstić information content (AvgIpc) is 3.12. The van der Waals surface area contributed by atoms with Crippen LogP contribution in [0.5, 0.6) is 0 Å². The van der Waals surface area contributed by atoms with Crippen molar-refractivity contribution in [2.45, 2.75) is 6.18 Å². The zero-order valence-corrected chi connectivity index (χ0v) is 14.1. The number of carbonyl (C=O) groups is 1. The molecule has 140 valence electrons. The Labute approximate surface area is 151 Å². The number of hydrogen-bond donors (Lipinski definition) is 1. The molecule has 10 heteroatoms. The molecule has 1 N–H and O–H groups in total. The summed E-state index contributed by atoms with van der Waals surface area (Å²) in [6.45, 7) is 2.12. The van der Waals surface area contributed by atoms with E-state index in [-0.39, 0.29) is 16.9 Å². The number of aromatic amines is 1. The number of alkyl halides is 3. The van der Waals surface area contributed by atoms with Gasteiger partial charge in [0.05, 0.1) is 11.0 Å². The van der Waals surface area contributed by atoms with Crippen molar-refractivity contribution >= 4 is 22.9 Å². The van der Waals surface area contributed by atoms with Crippen LogP contribution in [-0.4, -0.2) is 56.9 Å². The first-order chi connectivity index (χ1) is 12.9. The third-order valence-electron chi connectivity index (χ3n) is 4.40. The standard InChI is InChI=1S/C17H15F3N6O/c18-17(19,20)15-23-12-3-2-11(10-13(12)24-15)14(27)25-6-8-26(9-7-25)16-21-4-1-5-22-16/h1-5,10H,6-9H2,(H,23,24). The number of imidazole rings is 1. The number of benzene rings is 1. The van der Waals surface area contributed by atoms with Gasteiger partial charge in [0.25, 0.3) is 5.91 Å². The van der Waals surface area contributed by atoms with Crippen LogP contribution < -0.4 is 4.90 Å². The number of fused-ring (bicyclic) bond motifs is 1. The molecular formula is C17H15F3N6O. The average molecular weight is 376 g/mol. The Morgan fingerprint density at radius 1 is 1.07 bits per heavy atom. The van der Waals surface area contributed by atoms with Gasteiger partial charge in [-0.1, -0.05) is 0 Å². The lowest BCUT2D eigenvalue weighted by molar-refractivity contribution is -0.144. The molecule has 0 spiro atoms. The Balaban J connectivity index is 1.48. The van der Waals surface area contributed by atoms with E-state index in [4.69, 9.17) is 0 Å². The highest BCUT2D eigenvalue weighted by molar-refractivity contribution is 5.97. The van der Waals surface area contributed by atoms with E-state index >= 15 is 0 Å². The van der Waals surface area contributed by atoms with Crippen LogP contribution in [0.3, 0.4) is 0 Å². The molecule has 2 aromatic heterocycles. The summed E-state index contributed by atoms with van der Waals surface area (Å²) in [5.74, 6) is -0.685. The normalized spacial score (nSPS) is 15.4. The molecule has 7 nitrogen and oxygen atoms in total. The summed E-state index contributed by atoms with van der Waals surface area (Å²) in [6.07, 6.45) is -1.23. The minimum absolute atomic E-state index is 0.171. The molecule has 0 bridgehead atoms. The Morgan fingerprint density at radius 3 is 2.44 bits per heavy atom. The molecule has 0 atom stereocenters. The molecule has 3 heterocycles. The van der Waals surface area contributed by atoms with Crippen molar-refractivity contribution in [3.8, 4) is 0 Å². The van der Waals surface area contributed by atoms with Crippen LogP contribution in [0.25, 0.3) is 11.0 Å². The van der Waals surface area contributed by atoms with Gasteiger partial charge in [0.15, 0.2) is 0 Å². The second kappa shape index (κ2) is 6.53. The molecule has 1 aliphatic rings. The maximum Gasteiger partial charge on any atom is 0.449 e. The van der Waals surface area contributed by atoms with E-state index < -0.39 is 12.0 Å². The molecule has 1 amide bonds. The fourth-order valence-electron chi connectivity index (χ4n) is 3.02. The van der Waals surface area contributed by atoms with E-state index in [2.05, 4.69) is 19.9 Å². The van der Waals surface area contributed by atoms with Gasteiger partial charge in [0.1, 0.15) is 0 Å². The van der Waals surface area contributed by atoms with Gasteiger partial charge in [0, 0.05) is 44.1 Å². The molecule has 27 heavy (non-hydrogen) atoms. The molecular weight excluding hydrogens is 361 g/mol. The van der Waals surface area contributed by atoms with Crippen LogP contribution in [-0.2, 0) is 6.18 Å². The lowest BCUT2D eigenvalue weighted by atomic mass is 10.1. The molecule has 3 aromatic rings. The van der Waals surface area contributed by atoms with Crippen LogP contribution in [0.4, 0.5) is 19.1 Å². The number of anilines is 1. The predicted octanol–water partition coefficient (Wildman–Crippen LogP) is 2.33. The minimum atomic E-state index is -4.56. The maximum atomic E-state index is 12.8. The van der Waals surface area contributed by atoms with Gasteiger partial charge < -0.3 is 14.8 Å². The van der Waals surface area contributed by atoms with E-state index in [0.29, 0.717) is 37.7 Å². The third kappa shape index (κ3) is 3.42. The second-order valence-corrected chi connectivity index (χ2v) is 6.14. The fourth-order valence-corrected chi connectivity index (χ4v) is 3.02. The Hall–Kier alpha value is -3.17. The summed E-state index contributed by atoms with van der Waals surface area (Å²) in [6, 6.07) is 6.06. The van der Waals surface area contributed by atoms with E-state index in [1.54, 1.807) is 23.4 Å². The molecule has 1 saturated heterocycles. The molecule has 0 aliphatic carbocycles. The van der Waals surface area contributed by atoms with Crippen molar-refractivity contribution in [2.24, 2.45) is 0 Å². The molecule has 1 aromatic carbocycles. The number of amides is 1. The monoisotopic (exact) mass is 376 g/mol. The quantitative estimate of drug-likeness (QED) is 0.743. The SMILES string of the molecule is O=C(c1ccc2nc(C(F)(F)F)[nH]c2c1)N1CCN(c2ncccn2)CC1. The van der Waals surface area contributed by atoms with Crippen molar-refractivity contribution < 1.29 is 18.0 Å². The first-order valence-corrected chi connectivity index (χ1v) is 8.30. The van der Waals surface area contributed by atoms with Gasteiger partial charge in [-0.3, -0.25) is 4.79 Å². The molecule has 1 aliphatic heterocycles. The zero-order chi connectivity index (χ0) is 19.0. The Morgan fingerprint density at radius 2 is 1.78 bits per heavy atom. The second-order valence-electron chi connectivity index (χ2n) is 6.14. The van der Waals surface area contributed by atoms with Crippen LogP contribution in [0, 0.1) is 0 Å². The van der Waals surface area contributed by atoms with Crippen LogP contribution in [0.15, 0.2) is 36.7 Å². The number of H-pyrrole nitrogens is 1. The van der Waals surface area contributed by atoms with Gasteiger partial charge >= 0.3 is 6.18 Å². The summed E-state index contributed by atoms with van der Waals surface area (Å²) in [5, 5.41) is 0. The van der Waals surface area contributed by atoms with Gasteiger partial charge in [0.2, 0.25) is 11.8 Å². The molecule has 1 fully saturated rings. The Bertz CT molecular complexity index is 964. The fraction of sp³-hybridized carbons (Fsp3) is 0.294. The number of carbonyl (C=O) groups excluding carboxylic acids is 1. The number of rotatable bonds is 2. The summed E-state index contributed by atoms with van der Waals surface area (Å²) in [4.78, 5) is 30.5. The number of piperazine rings is 1. The van der Waals surface area contributed by atoms with Crippen LogP contribution in [0.2, 0.25) is 0 Å². The van der Waals surface area contributed by atoms with Crippen molar-refractivity contribution in [1.82, 2.24) is 24.8 Å². The topological polar surface area (TPSA) is 78.0 Å². The van der Waals surface area contributed by atoms with Crippen molar-refractivity contribution in [2.75, 3.05) is 31.1 Å². The Kier molecular flexibility index (Phi) is 4.17. The molecule has 0 saturated carbocycles. The summed E-state index contributed by atoms with van der Waals surface area (Å²) in [7, 11) is 0. The number of nitrogens with one attached hydrogen (secondary N) is 1. The van der Waals surface area contributed by atoms with Crippen molar-refractivity contribution in [1.29, 1.82) is 0 Å². The highest BCUT2D eigenvalue weighted by atomic mass is 19.4. The lowest BCUT2D eigenvalue weighted by Crippen LogP contribution is -2.49. The first kappa shape index (κ1) is 17.3. The molecule has 4 rings (SSSR count). The largest absolute Gasteiger partial charge is 0.449 e. The minimum Gasteiger partial charge on any atom is -0.337 e. The van der Waals surface area contributed by atoms with E-state index in [1.807, 2.05) is 4.90 Å². The summed E-state index contributed by atoms with van der Waals surface area (Å²) in [5.41, 5.74) is 0.679. The number of nitrogens with zero attached hydrogens (tertiary/aromatic N) is 5. The number of halogens is 3. The van der Waals surface area contributed by atoms with Gasteiger partial charge in [-0.25, -0.2) is 15.0 Å². The van der Waals surface area contributed by atoms with E-state index in [0.717, 1.165) is 0 Å². The highest BCUT2D eigenvalue weighted by Crippen LogP contribution is 2.29. The predicted molar refractivity (Wildman–Crippen MR) is 91.2 cm³/mol. The first-order valence-electron chi connectivity index (χ1n) is 8.30. The summed E-state index contributed by atoms with van der Waals surface area (Å²) >= 11 is 0. The number of aromatic nitrogens is 4. The van der Waals surface area contributed by atoms with Crippen molar-refractivity contribution in [3.63, 3.8) is 0 Å². The molecule has 0 radical (unpaired) electrons. The van der Waals surface area contributed by atoms with E-state index in [9.17, 15) is 18.0 Å². The molecule has 0 unspecified atom stereocenters. The van der Waals surface area contributed by atoms with Crippen LogP contribution in [0.1, 0.15) is 16.2 Å². The highest BCUT2D eigenvalue weighted by Gasteiger charge is 2.35. The summed E-state index contributed by atoms with van der Waals surface area (Å²) < 4.78 is 38.3. The maximum absolute atomic E-state index is 12.8. The smallest absolute Gasteiger partial charge is 0.337 e. The third-order valence-corrected chi connectivity index (χ3v) is 4.40. The van der Waals surface area contributed by atoms with Gasteiger partial charge in [-0.15, -0.1) is 0 Å².